The van der Waals surface area contributed by atoms with E-state index in [1.807, 2.05) is 24.3 Å². The van der Waals surface area contributed by atoms with Gasteiger partial charge in [-0.05, 0) is 125 Å². The SMILES string of the molecule is C/C=C/C1CCC2CC(C3CCC(C(=O)Oc4ccc(OC)cc4)CC3)CCC2C1. The van der Waals surface area contributed by atoms with Gasteiger partial charge in [0.25, 0.3) is 0 Å². The third-order valence-corrected chi connectivity index (χ3v) is 8.21. The summed E-state index contributed by atoms with van der Waals surface area (Å²) in [6.45, 7) is 2.16. The summed E-state index contributed by atoms with van der Waals surface area (Å²) in [6.07, 6.45) is 17.6. The molecule has 0 bridgehead atoms. The monoisotopic (exact) mass is 410 g/mol. The minimum absolute atomic E-state index is 0.0513. The number of ether oxygens (including phenoxy) is 2. The van der Waals surface area contributed by atoms with Gasteiger partial charge in [0.15, 0.2) is 0 Å². The minimum Gasteiger partial charge on any atom is -0.497 e. The van der Waals surface area contributed by atoms with Crippen LogP contribution >= 0.6 is 0 Å². The quantitative estimate of drug-likeness (QED) is 0.304. The van der Waals surface area contributed by atoms with E-state index in [-0.39, 0.29) is 11.9 Å². The molecule has 0 heterocycles. The van der Waals surface area contributed by atoms with Crippen molar-refractivity contribution in [1.29, 1.82) is 0 Å². The Morgan fingerprint density at radius 1 is 0.800 bits per heavy atom. The Balaban J connectivity index is 1.23. The molecule has 3 saturated carbocycles. The Morgan fingerprint density at radius 2 is 1.37 bits per heavy atom. The molecule has 0 spiro atoms. The van der Waals surface area contributed by atoms with E-state index in [0.717, 1.165) is 48.2 Å². The van der Waals surface area contributed by atoms with E-state index >= 15 is 0 Å². The van der Waals surface area contributed by atoms with Crippen LogP contribution in [-0.2, 0) is 4.79 Å². The zero-order chi connectivity index (χ0) is 20.9. The second-order valence-electron chi connectivity index (χ2n) is 9.90. The fourth-order valence-electron chi connectivity index (χ4n) is 6.51. The van der Waals surface area contributed by atoms with Crippen molar-refractivity contribution in [1.82, 2.24) is 0 Å². The van der Waals surface area contributed by atoms with Crippen molar-refractivity contribution >= 4 is 5.97 Å². The van der Waals surface area contributed by atoms with Crippen LogP contribution in [0, 0.1) is 35.5 Å². The molecule has 0 radical (unpaired) electrons. The molecule has 3 nitrogen and oxygen atoms in total. The summed E-state index contributed by atoms with van der Waals surface area (Å²) in [7, 11) is 1.64. The number of benzene rings is 1. The van der Waals surface area contributed by atoms with Crippen molar-refractivity contribution in [2.24, 2.45) is 35.5 Å². The van der Waals surface area contributed by atoms with Gasteiger partial charge in [0, 0.05) is 0 Å². The first-order chi connectivity index (χ1) is 14.7. The molecule has 4 rings (SSSR count). The van der Waals surface area contributed by atoms with Gasteiger partial charge in [0.05, 0.1) is 13.0 Å². The molecular formula is C27H38O3. The van der Waals surface area contributed by atoms with Gasteiger partial charge < -0.3 is 9.47 Å². The van der Waals surface area contributed by atoms with Crippen molar-refractivity contribution in [2.45, 2.75) is 71.1 Å². The molecule has 164 valence electrons. The number of allylic oxidation sites excluding steroid dienone is 2. The Kier molecular flexibility index (Phi) is 7.17. The molecule has 3 fully saturated rings. The molecule has 0 saturated heterocycles. The lowest BCUT2D eigenvalue weighted by Crippen LogP contribution is -2.35. The second-order valence-corrected chi connectivity index (χ2v) is 9.90. The fourth-order valence-corrected chi connectivity index (χ4v) is 6.51. The molecule has 0 aromatic heterocycles. The van der Waals surface area contributed by atoms with Crippen LogP contribution < -0.4 is 9.47 Å². The highest BCUT2D eigenvalue weighted by molar-refractivity contribution is 5.75. The van der Waals surface area contributed by atoms with Crippen molar-refractivity contribution in [2.75, 3.05) is 7.11 Å². The third kappa shape index (κ3) is 5.10. The van der Waals surface area contributed by atoms with Crippen molar-refractivity contribution in [3.63, 3.8) is 0 Å². The number of fused-ring (bicyclic) bond motifs is 1. The maximum atomic E-state index is 12.6. The first kappa shape index (κ1) is 21.5. The summed E-state index contributed by atoms with van der Waals surface area (Å²) in [6, 6.07) is 7.29. The molecule has 3 aliphatic rings. The molecule has 4 atom stereocenters. The summed E-state index contributed by atoms with van der Waals surface area (Å²) in [4.78, 5) is 12.6. The van der Waals surface area contributed by atoms with E-state index in [0.29, 0.717) is 5.75 Å². The number of carbonyl (C=O) groups is 1. The molecule has 0 N–H and O–H groups in total. The highest BCUT2D eigenvalue weighted by atomic mass is 16.5. The Hall–Kier alpha value is -1.77. The third-order valence-electron chi connectivity index (χ3n) is 8.21. The largest absolute Gasteiger partial charge is 0.497 e. The highest BCUT2D eigenvalue weighted by Gasteiger charge is 2.39. The van der Waals surface area contributed by atoms with Crippen molar-refractivity contribution < 1.29 is 14.3 Å². The lowest BCUT2D eigenvalue weighted by molar-refractivity contribution is -0.140. The second kappa shape index (κ2) is 10.0. The summed E-state index contributed by atoms with van der Waals surface area (Å²) in [5.74, 6) is 5.89. The smallest absolute Gasteiger partial charge is 0.314 e. The molecule has 4 unspecified atom stereocenters. The lowest BCUT2D eigenvalue weighted by Gasteiger charge is -2.45. The molecule has 1 aromatic rings. The van der Waals surface area contributed by atoms with Gasteiger partial charge >= 0.3 is 5.97 Å². The first-order valence-electron chi connectivity index (χ1n) is 12.1. The number of carbonyl (C=O) groups excluding carboxylic acids is 1. The van der Waals surface area contributed by atoms with E-state index < -0.39 is 0 Å². The summed E-state index contributed by atoms with van der Waals surface area (Å²) < 4.78 is 10.8. The lowest BCUT2D eigenvalue weighted by atomic mass is 9.61. The summed E-state index contributed by atoms with van der Waals surface area (Å²) in [5, 5.41) is 0. The number of hydrogen-bond donors (Lipinski definition) is 0. The maximum absolute atomic E-state index is 12.6. The van der Waals surface area contributed by atoms with E-state index in [1.165, 1.54) is 51.4 Å². The molecule has 0 aliphatic heterocycles. The number of methoxy groups -OCH3 is 1. The Morgan fingerprint density at radius 3 is 2.03 bits per heavy atom. The fraction of sp³-hybridized carbons (Fsp3) is 0.667. The van der Waals surface area contributed by atoms with Gasteiger partial charge in [-0.3, -0.25) is 4.79 Å². The van der Waals surface area contributed by atoms with Gasteiger partial charge in [-0.25, -0.2) is 0 Å². The Labute approximate surface area is 182 Å². The molecule has 30 heavy (non-hydrogen) atoms. The van der Waals surface area contributed by atoms with Crippen LogP contribution in [0.2, 0.25) is 0 Å². The van der Waals surface area contributed by atoms with Crippen LogP contribution in [0.4, 0.5) is 0 Å². The van der Waals surface area contributed by atoms with Gasteiger partial charge in [-0.15, -0.1) is 0 Å². The number of rotatable bonds is 5. The van der Waals surface area contributed by atoms with Crippen LogP contribution in [0.15, 0.2) is 36.4 Å². The van der Waals surface area contributed by atoms with Crippen LogP contribution in [0.1, 0.15) is 71.1 Å². The molecule has 0 amide bonds. The van der Waals surface area contributed by atoms with E-state index in [2.05, 4.69) is 19.1 Å². The van der Waals surface area contributed by atoms with E-state index in [4.69, 9.17) is 9.47 Å². The minimum atomic E-state index is -0.0513. The van der Waals surface area contributed by atoms with Crippen LogP contribution in [-0.4, -0.2) is 13.1 Å². The van der Waals surface area contributed by atoms with Gasteiger partial charge in [0.1, 0.15) is 11.5 Å². The maximum Gasteiger partial charge on any atom is 0.314 e. The van der Waals surface area contributed by atoms with E-state index in [9.17, 15) is 4.79 Å². The van der Waals surface area contributed by atoms with E-state index in [1.54, 1.807) is 7.11 Å². The summed E-state index contributed by atoms with van der Waals surface area (Å²) >= 11 is 0. The Bertz CT molecular complexity index is 714. The van der Waals surface area contributed by atoms with Crippen molar-refractivity contribution in [3.8, 4) is 11.5 Å². The van der Waals surface area contributed by atoms with Crippen LogP contribution in [0.3, 0.4) is 0 Å². The summed E-state index contributed by atoms with van der Waals surface area (Å²) in [5.41, 5.74) is 0. The molecule has 3 heteroatoms. The normalized spacial score (nSPS) is 34.3. The zero-order valence-electron chi connectivity index (χ0n) is 18.7. The van der Waals surface area contributed by atoms with Crippen LogP contribution in [0.5, 0.6) is 11.5 Å². The molecule has 3 aliphatic carbocycles. The number of hydrogen-bond acceptors (Lipinski definition) is 3. The molecule has 1 aromatic carbocycles. The van der Waals surface area contributed by atoms with Crippen molar-refractivity contribution in [3.05, 3.63) is 36.4 Å². The first-order valence-corrected chi connectivity index (χ1v) is 12.1. The van der Waals surface area contributed by atoms with Crippen LogP contribution in [0.25, 0.3) is 0 Å². The van der Waals surface area contributed by atoms with Gasteiger partial charge in [-0.1, -0.05) is 12.2 Å². The average Bonchev–Trinajstić information content (AvgIpc) is 2.79. The predicted molar refractivity (Wildman–Crippen MR) is 121 cm³/mol. The zero-order valence-corrected chi connectivity index (χ0v) is 18.7. The number of esters is 1. The topological polar surface area (TPSA) is 35.5 Å². The molecular weight excluding hydrogens is 372 g/mol. The predicted octanol–water partition coefficient (Wildman–Crippen LogP) is 6.82. The highest BCUT2D eigenvalue weighted by Crippen LogP contribution is 2.49. The average molecular weight is 411 g/mol. The van der Waals surface area contributed by atoms with Gasteiger partial charge in [-0.2, -0.15) is 0 Å². The standard InChI is InChI=1S/C27H38O3/c1-3-4-19-5-6-24-18-23(12-11-22(24)17-19)20-7-9-21(10-8-20)27(28)30-26-15-13-25(29-2)14-16-26/h3-4,13-16,19-24H,5-12,17-18H2,1-2H3/b4-3+. The van der Waals surface area contributed by atoms with Gasteiger partial charge in [0.2, 0.25) is 0 Å².